The van der Waals surface area contributed by atoms with Crippen LogP contribution in [0.3, 0.4) is 0 Å². The monoisotopic (exact) mass is 289 g/mol. The number of hydrogen-bond acceptors (Lipinski definition) is 3. The van der Waals surface area contributed by atoms with Crippen molar-refractivity contribution < 1.29 is 0 Å². The maximum absolute atomic E-state index is 4.44. The number of nitrogens with zero attached hydrogens (tertiary/aromatic N) is 3. The van der Waals surface area contributed by atoms with Crippen LogP contribution in [0.15, 0.2) is 79.1 Å². The average Bonchev–Trinajstić information content (AvgIpc) is 2.61. The zero-order valence-corrected chi connectivity index (χ0v) is 12.5. The summed E-state index contributed by atoms with van der Waals surface area (Å²) in [6, 6.07) is 22.6. The molecule has 0 spiro atoms. The molecule has 0 amide bonds. The molecule has 0 fully saturated rings. The second kappa shape index (κ2) is 7.36. The van der Waals surface area contributed by atoms with Gasteiger partial charge in [0.15, 0.2) is 0 Å². The van der Waals surface area contributed by atoms with E-state index >= 15 is 0 Å². The summed E-state index contributed by atoms with van der Waals surface area (Å²) in [4.78, 5) is 11.2. The van der Waals surface area contributed by atoms with E-state index < -0.39 is 0 Å². The lowest BCUT2D eigenvalue weighted by atomic mass is 10.2. The average molecular weight is 289 g/mol. The van der Waals surface area contributed by atoms with E-state index in [-0.39, 0.29) is 0 Å². The molecule has 0 atom stereocenters. The molecule has 3 aromatic rings. The molecule has 1 aromatic carbocycles. The third-order valence-corrected chi connectivity index (χ3v) is 3.56. The van der Waals surface area contributed by atoms with Crippen molar-refractivity contribution in [2.24, 2.45) is 0 Å². The van der Waals surface area contributed by atoms with Crippen molar-refractivity contribution >= 4 is 5.69 Å². The fourth-order valence-electron chi connectivity index (χ4n) is 2.42. The topological polar surface area (TPSA) is 29.0 Å². The largest absolute Gasteiger partial charge is 0.365 e. The van der Waals surface area contributed by atoms with Gasteiger partial charge in [-0.05, 0) is 36.4 Å². The van der Waals surface area contributed by atoms with Gasteiger partial charge in [-0.2, -0.15) is 0 Å². The van der Waals surface area contributed by atoms with E-state index in [4.69, 9.17) is 0 Å². The Balaban J connectivity index is 1.74. The van der Waals surface area contributed by atoms with Crippen molar-refractivity contribution in [3.63, 3.8) is 0 Å². The van der Waals surface area contributed by atoms with Gasteiger partial charge in [-0.3, -0.25) is 9.97 Å². The van der Waals surface area contributed by atoms with Gasteiger partial charge in [-0.25, -0.2) is 0 Å². The number of rotatable bonds is 6. The molecule has 2 heterocycles. The zero-order chi connectivity index (χ0) is 15.0. The first-order chi connectivity index (χ1) is 10.9. The summed E-state index contributed by atoms with van der Waals surface area (Å²) in [7, 11) is 0. The molecule has 2 aromatic heterocycles. The number of anilines is 1. The first-order valence-electron chi connectivity index (χ1n) is 7.51. The van der Waals surface area contributed by atoms with E-state index in [1.165, 1.54) is 5.69 Å². The molecule has 0 radical (unpaired) electrons. The third kappa shape index (κ3) is 3.92. The highest BCUT2D eigenvalue weighted by molar-refractivity contribution is 5.46. The molecule has 0 unspecified atom stereocenters. The summed E-state index contributed by atoms with van der Waals surface area (Å²) < 4.78 is 0. The lowest BCUT2D eigenvalue weighted by molar-refractivity contribution is 0.757. The highest BCUT2D eigenvalue weighted by atomic mass is 15.1. The van der Waals surface area contributed by atoms with Gasteiger partial charge in [-0.1, -0.05) is 30.3 Å². The summed E-state index contributed by atoms with van der Waals surface area (Å²) in [6.45, 7) is 1.72. The number of para-hydroxylation sites is 1. The Morgan fingerprint density at radius 2 is 1.32 bits per heavy atom. The molecule has 0 N–H and O–H groups in total. The van der Waals surface area contributed by atoms with Crippen LogP contribution in [-0.4, -0.2) is 16.5 Å². The van der Waals surface area contributed by atoms with Crippen molar-refractivity contribution in [1.29, 1.82) is 0 Å². The van der Waals surface area contributed by atoms with Crippen molar-refractivity contribution in [3.8, 4) is 0 Å². The van der Waals surface area contributed by atoms with Gasteiger partial charge in [0.05, 0.1) is 12.2 Å². The van der Waals surface area contributed by atoms with Gasteiger partial charge in [0.1, 0.15) is 0 Å². The Bertz CT molecular complexity index is 669. The molecule has 22 heavy (non-hydrogen) atoms. The smallest absolute Gasteiger partial charge is 0.0602 e. The Kier molecular flexibility index (Phi) is 4.77. The number of benzene rings is 1. The molecular weight excluding hydrogens is 270 g/mol. The number of aromatic nitrogens is 2. The van der Waals surface area contributed by atoms with Crippen LogP contribution in [0.4, 0.5) is 5.69 Å². The number of pyridine rings is 2. The van der Waals surface area contributed by atoms with Gasteiger partial charge in [0, 0.05) is 36.7 Å². The lowest BCUT2D eigenvalue weighted by Gasteiger charge is -2.24. The molecule has 3 nitrogen and oxygen atoms in total. The van der Waals surface area contributed by atoms with E-state index in [1.54, 1.807) is 0 Å². The molecule has 3 heteroatoms. The Morgan fingerprint density at radius 1 is 0.682 bits per heavy atom. The van der Waals surface area contributed by atoms with Gasteiger partial charge in [-0.15, -0.1) is 0 Å². The lowest BCUT2D eigenvalue weighted by Crippen LogP contribution is -2.26. The normalized spacial score (nSPS) is 10.4. The summed E-state index contributed by atoms with van der Waals surface area (Å²) in [5, 5.41) is 0. The van der Waals surface area contributed by atoms with Gasteiger partial charge in [0.2, 0.25) is 0 Å². The van der Waals surface area contributed by atoms with E-state index in [0.717, 1.165) is 30.9 Å². The summed E-state index contributed by atoms with van der Waals surface area (Å²) >= 11 is 0. The number of hydrogen-bond donors (Lipinski definition) is 0. The molecular formula is C19H19N3. The van der Waals surface area contributed by atoms with Crippen molar-refractivity contribution in [3.05, 3.63) is 90.5 Å². The van der Waals surface area contributed by atoms with Crippen LogP contribution in [0, 0.1) is 0 Å². The zero-order valence-electron chi connectivity index (χ0n) is 12.5. The first kappa shape index (κ1) is 14.3. The Morgan fingerprint density at radius 3 is 1.95 bits per heavy atom. The fourth-order valence-corrected chi connectivity index (χ4v) is 2.42. The Hall–Kier alpha value is -2.68. The second-order valence-corrected chi connectivity index (χ2v) is 5.15. The molecule has 0 aliphatic heterocycles. The summed E-state index contributed by atoms with van der Waals surface area (Å²) in [5.41, 5.74) is 3.40. The third-order valence-electron chi connectivity index (χ3n) is 3.56. The second-order valence-electron chi connectivity index (χ2n) is 5.15. The van der Waals surface area contributed by atoms with Crippen LogP contribution in [0.1, 0.15) is 11.4 Å². The highest BCUT2D eigenvalue weighted by Gasteiger charge is 2.08. The SMILES string of the molecule is c1ccc(N(CCc2ccccn2)Cc2ccccn2)cc1. The van der Waals surface area contributed by atoms with Crippen LogP contribution < -0.4 is 4.90 Å². The minimum absolute atomic E-state index is 0.803. The van der Waals surface area contributed by atoms with Crippen LogP contribution in [0.2, 0.25) is 0 Å². The standard InChI is InChI=1S/C19H19N3/c1-2-10-19(11-3-1)22(16-18-9-5-7-14-21-18)15-12-17-8-4-6-13-20-17/h1-11,13-14H,12,15-16H2. The molecule has 3 rings (SSSR count). The van der Waals surface area contributed by atoms with Crippen LogP contribution in [0.5, 0.6) is 0 Å². The van der Waals surface area contributed by atoms with Gasteiger partial charge < -0.3 is 4.90 Å². The predicted octanol–water partition coefficient (Wildman–Crippen LogP) is 3.73. The quantitative estimate of drug-likeness (QED) is 0.692. The highest BCUT2D eigenvalue weighted by Crippen LogP contribution is 2.16. The molecule has 110 valence electrons. The minimum Gasteiger partial charge on any atom is -0.365 e. The van der Waals surface area contributed by atoms with E-state index in [0.29, 0.717) is 0 Å². The predicted molar refractivity (Wildman–Crippen MR) is 89.7 cm³/mol. The van der Waals surface area contributed by atoms with Crippen LogP contribution in [0.25, 0.3) is 0 Å². The van der Waals surface area contributed by atoms with Crippen LogP contribution in [-0.2, 0) is 13.0 Å². The van der Waals surface area contributed by atoms with E-state index in [9.17, 15) is 0 Å². The molecule has 0 saturated heterocycles. The molecule has 0 aliphatic carbocycles. The molecule has 0 aliphatic rings. The molecule has 0 bridgehead atoms. The first-order valence-corrected chi connectivity index (χ1v) is 7.51. The van der Waals surface area contributed by atoms with Crippen LogP contribution >= 0.6 is 0 Å². The summed E-state index contributed by atoms with van der Waals surface area (Å²) in [6.07, 6.45) is 4.61. The fraction of sp³-hybridized carbons (Fsp3) is 0.158. The summed E-state index contributed by atoms with van der Waals surface area (Å²) in [5.74, 6) is 0. The van der Waals surface area contributed by atoms with Gasteiger partial charge in [0.25, 0.3) is 0 Å². The maximum atomic E-state index is 4.44. The minimum atomic E-state index is 0.803. The van der Waals surface area contributed by atoms with Gasteiger partial charge >= 0.3 is 0 Å². The maximum Gasteiger partial charge on any atom is 0.0602 e. The van der Waals surface area contributed by atoms with Crippen molar-refractivity contribution in [2.75, 3.05) is 11.4 Å². The van der Waals surface area contributed by atoms with Crippen molar-refractivity contribution in [2.45, 2.75) is 13.0 Å². The Labute approximate surface area is 131 Å². The van der Waals surface area contributed by atoms with Crippen molar-refractivity contribution in [1.82, 2.24) is 9.97 Å². The molecule has 0 saturated carbocycles. The van der Waals surface area contributed by atoms with E-state index in [2.05, 4.69) is 51.3 Å². The van der Waals surface area contributed by atoms with E-state index in [1.807, 2.05) is 42.7 Å².